The molecule has 0 bridgehead atoms. The van der Waals surface area contributed by atoms with Crippen LogP contribution in [0.4, 0.5) is 5.82 Å². The summed E-state index contributed by atoms with van der Waals surface area (Å²) in [5, 5.41) is 0.737. The zero-order valence-electron chi connectivity index (χ0n) is 8.75. The van der Waals surface area contributed by atoms with Gasteiger partial charge in [0.15, 0.2) is 0 Å². The number of aromatic nitrogens is 1. The van der Waals surface area contributed by atoms with Crippen LogP contribution in [-0.4, -0.2) is 18.1 Å². The molecule has 0 saturated carbocycles. The predicted octanol–water partition coefficient (Wildman–Crippen LogP) is 3.37. The van der Waals surface area contributed by atoms with Crippen molar-refractivity contribution in [2.75, 3.05) is 18.0 Å². The molecular weight excluding hydrogens is 208 g/mol. The average Bonchev–Trinajstić information content (AvgIpc) is 2.29. The van der Waals surface area contributed by atoms with E-state index in [4.69, 9.17) is 11.6 Å². The highest BCUT2D eigenvalue weighted by molar-refractivity contribution is 6.30. The molecule has 0 spiro atoms. The molecule has 1 fully saturated rings. The van der Waals surface area contributed by atoms with Crippen LogP contribution in [0.15, 0.2) is 18.7 Å². The summed E-state index contributed by atoms with van der Waals surface area (Å²) >= 11 is 6.03. The zero-order valence-corrected chi connectivity index (χ0v) is 9.50. The Labute approximate surface area is 95.6 Å². The highest BCUT2D eigenvalue weighted by Crippen LogP contribution is 2.22. The summed E-state index contributed by atoms with van der Waals surface area (Å²) < 4.78 is 0. The summed E-state index contributed by atoms with van der Waals surface area (Å²) in [6.07, 6.45) is 5.56. The number of rotatable bonds is 2. The van der Waals surface area contributed by atoms with E-state index in [1.165, 1.54) is 19.3 Å². The molecular formula is C12H15ClN2. The number of pyridine rings is 1. The van der Waals surface area contributed by atoms with Gasteiger partial charge in [0, 0.05) is 18.1 Å². The molecule has 3 heteroatoms. The van der Waals surface area contributed by atoms with Crippen LogP contribution < -0.4 is 4.90 Å². The van der Waals surface area contributed by atoms with Crippen molar-refractivity contribution in [2.24, 2.45) is 0 Å². The fourth-order valence-corrected chi connectivity index (χ4v) is 2.10. The van der Waals surface area contributed by atoms with Gasteiger partial charge in [0.05, 0.1) is 5.69 Å². The van der Waals surface area contributed by atoms with E-state index >= 15 is 0 Å². The number of hydrogen-bond donors (Lipinski definition) is 0. The van der Waals surface area contributed by atoms with Crippen molar-refractivity contribution >= 4 is 23.5 Å². The fourth-order valence-electron chi connectivity index (χ4n) is 1.89. The minimum Gasteiger partial charge on any atom is -0.357 e. The summed E-state index contributed by atoms with van der Waals surface area (Å²) in [5.41, 5.74) is 0.850. The Morgan fingerprint density at radius 2 is 2.00 bits per heavy atom. The van der Waals surface area contributed by atoms with Crippen molar-refractivity contribution in [3.05, 3.63) is 29.4 Å². The van der Waals surface area contributed by atoms with Gasteiger partial charge in [-0.3, -0.25) is 0 Å². The quantitative estimate of drug-likeness (QED) is 0.763. The maximum Gasteiger partial charge on any atom is 0.130 e. The molecule has 0 unspecified atom stereocenters. The normalized spacial score (nSPS) is 16.5. The molecule has 2 rings (SSSR count). The van der Waals surface area contributed by atoms with E-state index in [2.05, 4.69) is 16.5 Å². The minimum absolute atomic E-state index is 0.737. The standard InChI is InChI=1S/C12H15ClN2/c1-2-11-8-10(13)9-12(14-11)15-6-4-3-5-7-15/h2,8-9H,1,3-7H2. The van der Waals surface area contributed by atoms with Gasteiger partial charge in [-0.25, -0.2) is 4.98 Å². The van der Waals surface area contributed by atoms with Crippen LogP contribution in [0.5, 0.6) is 0 Å². The van der Waals surface area contributed by atoms with Gasteiger partial charge in [-0.2, -0.15) is 0 Å². The lowest BCUT2D eigenvalue weighted by atomic mass is 10.1. The van der Waals surface area contributed by atoms with Crippen molar-refractivity contribution in [1.29, 1.82) is 0 Å². The van der Waals surface area contributed by atoms with E-state index in [1.807, 2.05) is 12.1 Å². The van der Waals surface area contributed by atoms with E-state index in [0.29, 0.717) is 0 Å². The molecule has 2 nitrogen and oxygen atoms in total. The van der Waals surface area contributed by atoms with E-state index in [1.54, 1.807) is 6.08 Å². The van der Waals surface area contributed by atoms with Gasteiger partial charge in [0.1, 0.15) is 5.82 Å². The number of halogens is 1. The lowest BCUT2D eigenvalue weighted by molar-refractivity contribution is 0.573. The highest BCUT2D eigenvalue weighted by atomic mass is 35.5. The maximum absolute atomic E-state index is 6.03. The molecule has 0 aliphatic carbocycles. The Morgan fingerprint density at radius 1 is 1.27 bits per heavy atom. The van der Waals surface area contributed by atoms with Crippen LogP contribution in [-0.2, 0) is 0 Å². The van der Waals surface area contributed by atoms with Crippen LogP contribution in [0.2, 0.25) is 5.02 Å². The topological polar surface area (TPSA) is 16.1 Å². The Kier molecular flexibility index (Phi) is 3.27. The number of nitrogens with zero attached hydrogens (tertiary/aromatic N) is 2. The van der Waals surface area contributed by atoms with Crippen molar-refractivity contribution < 1.29 is 0 Å². The Balaban J connectivity index is 2.25. The van der Waals surface area contributed by atoms with Crippen LogP contribution in [0.25, 0.3) is 6.08 Å². The zero-order chi connectivity index (χ0) is 10.7. The van der Waals surface area contributed by atoms with Crippen molar-refractivity contribution in [2.45, 2.75) is 19.3 Å². The molecule has 0 N–H and O–H groups in total. The van der Waals surface area contributed by atoms with Gasteiger partial charge in [0.2, 0.25) is 0 Å². The first-order valence-corrected chi connectivity index (χ1v) is 5.72. The predicted molar refractivity (Wildman–Crippen MR) is 65.4 cm³/mol. The summed E-state index contributed by atoms with van der Waals surface area (Å²) in [6.45, 7) is 5.89. The summed E-state index contributed by atoms with van der Waals surface area (Å²) in [7, 11) is 0. The summed E-state index contributed by atoms with van der Waals surface area (Å²) in [4.78, 5) is 6.79. The number of hydrogen-bond acceptors (Lipinski definition) is 2. The third-order valence-electron chi connectivity index (χ3n) is 2.69. The lowest BCUT2D eigenvalue weighted by Crippen LogP contribution is -2.30. The first-order chi connectivity index (χ1) is 7.29. The Morgan fingerprint density at radius 3 is 2.67 bits per heavy atom. The molecule has 0 radical (unpaired) electrons. The summed E-state index contributed by atoms with van der Waals surface area (Å²) in [5.74, 6) is 0.983. The molecule has 1 aromatic heterocycles. The van der Waals surface area contributed by atoms with Crippen LogP contribution >= 0.6 is 11.6 Å². The van der Waals surface area contributed by atoms with Crippen LogP contribution in [0, 0.1) is 0 Å². The SMILES string of the molecule is C=Cc1cc(Cl)cc(N2CCCCC2)n1. The second-order valence-corrected chi connectivity index (χ2v) is 4.26. The molecule has 0 atom stereocenters. The van der Waals surface area contributed by atoms with Gasteiger partial charge < -0.3 is 4.90 Å². The second-order valence-electron chi connectivity index (χ2n) is 3.82. The molecule has 1 aliphatic rings. The third-order valence-corrected chi connectivity index (χ3v) is 2.90. The van der Waals surface area contributed by atoms with Gasteiger partial charge in [-0.05, 0) is 37.5 Å². The molecule has 15 heavy (non-hydrogen) atoms. The maximum atomic E-state index is 6.03. The highest BCUT2D eigenvalue weighted by Gasteiger charge is 2.12. The van der Waals surface area contributed by atoms with Gasteiger partial charge >= 0.3 is 0 Å². The molecule has 1 aliphatic heterocycles. The van der Waals surface area contributed by atoms with Crippen molar-refractivity contribution in [3.8, 4) is 0 Å². The van der Waals surface area contributed by atoms with Gasteiger partial charge in [-0.1, -0.05) is 18.2 Å². The molecule has 1 aromatic rings. The average molecular weight is 223 g/mol. The lowest BCUT2D eigenvalue weighted by Gasteiger charge is -2.28. The van der Waals surface area contributed by atoms with Crippen LogP contribution in [0.3, 0.4) is 0 Å². The minimum atomic E-state index is 0.737. The first-order valence-electron chi connectivity index (χ1n) is 5.34. The second kappa shape index (κ2) is 4.67. The fraction of sp³-hybridized carbons (Fsp3) is 0.417. The molecule has 1 saturated heterocycles. The Hall–Kier alpha value is -1.02. The summed E-state index contributed by atoms with van der Waals surface area (Å²) in [6, 6.07) is 3.77. The molecule has 0 amide bonds. The Bertz CT molecular complexity index is 357. The largest absolute Gasteiger partial charge is 0.357 e. The first kappa shape index (κ1) is 10.5. The van der Waals surface area contributed by atoms with E-state index < -0.39 is 0 Å². The molecule has 2 heterocycles. The monoisotopic (exact) mass is 222 g/mol. The van der Waals surface area contributed by atoms with Gasteiger partial charge in [-0.15, -0.1) is 0 Å². The third kappa shape index (κ3) is 2.51. The van der Waals surface area contributed by atoms with E-state index in [-0.39, 0.29) is 0 Å². The molecule has 0 aromatic carbocycles. The van der Waals surface area contributed by atoms with E-state index in [0.717, 1.165) is 29.6 Å². The van der Waals surface area contributed by atoms with Crippen molar-refractivity contribution in [3.63, 3.8) is 0 Å². The van der Waals surface area contributed by atoms with Gasteiger partial charge in [0.25, 0.3) is 0 Å². The van der Waals surface area contributed by atoms with Crippen molar-refractivity contribution in [1.82, 2.24) is 4.98 Å². The molecule has 80 valence electrons. The van der Waals surface area contributed by atoms with E-state index in [9.17, 15) is 0 Å². The smallest absolute Gasteiger partial charge is 0.130 e. The van der Waals surface area contributed by atoms with Crippen LogP contribution in [0.1, 0.15) is 25.0 Å². The number of piperidine rings is 1. The number of anilines is 1.